The van der Waals surface area contributed by atoms with Crippen LogP contribution in [0.5, 0.6) is 5.75 Å². The van der Waals surface area contributed by atoms with Crippen LogP contribution < -0.4 is 9.54 Å². The molecule has 0 unspecified atom stereocenters. The molecule has 0 bridgehead atoms. The van der Waals surface area contributed by atoms with E-state index in [9.17, 15) is 4.79 Å². The molecule has 2 aromatic carbocycles. The number of fused-ring (bicyclic) bond motifs is 2. The highest BCUT2D eigenvalue weighted by atomic mass is 32.1. The molecule has 0 aliphatic heterocycles. The number of hydrogen-bond acceptors (Lipinski definition) is 3. The lowest BCUT2D eigenvalue weighted by Crippen LogP contribution is -2.14. The van der Waals surface area contributed by atoms with Crippen LogP contribution in [0.15, 0.2) is 35.3 Å². The van der Waals surface area contributed by atoms with Gasteiger partial charge in [0.25, 0.3) is 5.91 Å². The molecule has 1 aliphatic rings. The van der Waals surface area contributed by atoms with Crippen molar-refractivity contribution in [2.45, 2.75) is 32.6 Å². The van der Waals surface area contributed by atoms with Crippen molar-refractivity contribution < 1.29 is 9.53 Å². The normalized spacial score (nSPS) is 14.5. The van der Waals surface area contributed by atoms with Crippen LogP contribution in [0.1, 0.15) is 39.9 Å². The predicted octanol–water partition coefficient (Wildman–Crippen LogP) is 4.18. The average Bonchev–Trinajstić information content (AvgIpc) is 2.99. The van der Waals surface area contributed by atoms with Crippen LogP contribution >= 0.6 is 11.3 Å². The molecule has 4 rings (SSSR count). The van der Waals surface area contributed by atoms with E-state index in [1.165, 1.54) is 35.3 Å². The van der Waals surface area contributed by atoms with Gasteiger partial charge in [-0.25, -0.2) is 0 Å². The molecule has 3 aromatic rings. The van der Waals surface area contributed by atoms with Gasteiger partial charge in [-0.15, -0.1) is 0 Å². The first kappa shape index (κ1) is 17.0. The number of rotatable bonds is 2. The van der Waals surface area contributed by atoms with Crippen LogP contribution in [0, 0.1) is 6.92 Å². The smallest absolute Gasteiger partial charge is 0.279 e. The summed E-state index contributed by atoms with van der Waals surface area (Å²) >= 11 is 1.53. The summed E-state index contributed by atoms with van der Waals surface area (Å²) in [5.74, 6) is 0.615. The Balaban J connectivity index is 1.80. The minimum Gasteiger partial charge on any atom is -0.495 e. The number of aryl methyl sites for hydroxylation is 4. The summed E-state index contributed by atoms with van der Waals surface area (Å²) in [4.78, 5) is 17.9. The Bertz CT molecular complexity index is 1080. The van der Waals surface area contributed by atoms with Gasteiger partial charge in [0.1, 0.15) is 11.3 Å². The van der Waals surface area contributed by atoms with Gasteiger partial charge in [0.15, 0.2) is 4.80 Å². The number of aromatic nitrogens is 1. The molecule has 0 atom stereocenters. The van der Waals surface area contributed by atoms with Gasteiger partial charge in [-0.05, 0) is 67.5 Å². The lowest BCUT2D eigenvalue weighted by molar-refractivity contribution is 0.0998. The quantitative estimate of drug-likeness (QED) is 0.683. The van der Waals surface area contributed by atoms with Crippen molar-refractivity contribution in [2.24, 2.45) is 12.0 Å². The summed E-state index contributed by atoms with van der Waals surface area (Å²) in [5.41, 5.74) is 5.49. The summed E-state index contributed by atoms with van der Waals surface area (Å²) < 4.78 is 8.54. The van der Waals surface area contributed by atoms with Gasteiger partial charge in [0.2, 0.25) is 0 Å². The summed E-state index contributed by atoms with van der Waals surface area (Å²) in [5, 5.41) is 0. The summed E-state index contributed by atoms with van der Waals surface area (Å²) in [7, 11) is 3.59. The van der Waals surface area contributed by atoms with Crippen LogP contribution in [-0.2, 0) is 19.9 Å². The first-order valence-electron chi connectivity index (χ1n) is 8.92. The number of thiazole rings is 1. The third kappa shape index (κ3) is 2.86. The molecular weight excluding hydrogens is 344 g/mol. The summed E-state index contributed by atoms with van der Waals surface area (Å²) in [6, 6.07) is 10.0. The Morgan fingerprint density at radius 2 is 1.92 bits per heavy atom. The van der Waals surface area contributed by atoms with E-state index < -0.39 is 0 Å². The fourth-order valence-electron chi connectivity index (χ4n) is 3.64. The van der Waals surface area contributed by atoms with E-state index in [1.807, 2.05) is 35.9 Å². The number of amides is 1. The number of carbonyl (C=O) groups is 1. The molecular formula is C21H22N2O2S. The lowest BCUT2D eigenvalue weighted by atomic mass is 9.90. The second-order valence-electron chi connectivity index (χ2n) is 6.81. The predicted molar refractivity (Wildman–Crippen MR) is 105 cm³/mol. The van der Waals surface area contributed by atoms with Gasteiger partial charge in [-0.1, -0.05) is 23.5 Å². The maximum absolute atomic E-state index is 12.8. The number of benzene rings is 2. The van der Waals surface area contributed by atoms with Gasteiger partial charge < -0.3 is 9.30 Å². The van der Waals surface area contributed by atoms with E-state index in [0.29, 0.717) is 10.4 Å². The minimum atomic E-state index is -0.183. The zero-order valence-corrected chi connectivity index (χ0v) is 16.2. The van der Waals surface area contributed by atoms with Crippen molar-refractivity contribution in [3.63, 3.8) is 0 Å². The Morgan fingerprint density at radius 3 is 2.69 bits per heavy atom. The number of hydrogen-bond donors (Lipinski definition) is 0. The van der Waals surface area contributed by atoms with Crippen LogP contribution in [0.3, 0.4) is 0 Å². The third-order valence-electron chi connectivity index (χ3n) is 5.12. The standard InChI is InChI=1S/C21H22N2O2S/c1-13-8-11-17(25-3)18-19(13)26-21(23(18)2)22-20(24)16-10-9-14-6-4-5-7-15(14)12-16/h8-12H,4-7H2,1-3H3. The molecule has 1 amide bonds. The summed E-state index contributed by atoms with van der Waals surface area (Å²) in [6.45, 7) is 2.06. The van der Waals surface area contributed by atoms with Crippen molar-refractivity contribution in [1.82, 2.24) is 4.57 Å². The van der Waals surface area contributed by atoms with E-state index >= 15 is 0 Å². The highest BCUT2D eigenvalue weighted by molar-refractivity contribution is 7.16. The molecule has 0 fully saturated rings. The SMILES string of the molecule is COc1ccc(C)c2sc(=NC(=O)c3ccc4c(c3)CCCC4)n(C)c12. The topological polar surface area (TPSA) is 43.6 Å². The van der Waals surface area contributed by atoms with E-state index in [0.717, 1.165) is 34.4 Å². The zero-order valence-electron chi connectivity index (χ0n) is 15.3. The Morgan fingerprint density at radius 1 is 1.15 bits per heavy atom. The lowest BCUT2D eigenvalue weighted by Gasteiger charge is -2.15. The Labute approximate surface area is 156 Å². The molecule has 0 saturated carbocycles. The van der Waals surface area contributed by atoms with Gasteiger partial charge in [0, 0.05) is 12.6 Å². The molecule has 26 heavy (non-hydrogen) atoms. The number of nitrogens with zero attached hydrogens (tertiary/aromatic N) is 2. The number of carbonyl (C=O) groups excluding carboxylic acids is 1. The monoisotopic (exact) mass is 366 g/mol. The van der Waals surface area contributed by atoms with Crippen LogP contribution in [0.2, 0.25) is 0 Å². The maximum atomic E-state index is 12.8. The van der Waals surface area contributed by atoms with E-state index in [1.54, 1.807) is 7.11 Å². The molecule has 0 saturated heterocycles. The average molecular weight is 366 g/mol. The van der Waals surface area contributed by atoms with Crippen LogP contribution in [0.25, 0.3) is 10.2 Å². The molecule has 0 N–H and O–H groups in total. The largest absolute Gasteiger partial charge is 0.495 e. The molecule has 5 heteroatoms. The van der Waals surface area contributed by atoms with Crippen molar-refractivity contribution >= 4 is 27.5 Å². The summed E-state index contributed by atoms with van der Waals surface area (Å²) in [6.07, 6.45) is 4.62. The number of methoxy groups -OCH3 is 1. The van der Waals surface area contributed by atoms with Gasteiger partial charge in [0.05, 0.1) is 11.8 Å². The molecule has 0 spiro atoms. The first-order chi connectivity index (χ1) is 12.6. The van der Waals surface area contributed by atoms with Crippen molar-refractivity contribution in [3.05, 3.63) is 57.4 Å². The molecule has 1 aromatic heterocycles. The van der Waals surface area contributed by atoms with Crippen molar-refractivity contribution in [1.29, 1.82) is 0 Å². The Hall–Kier alpha value is -2.40. The van der Waals surface area contributed by atoms with Crippen LogP contribution in [0.4, 0.5) is 0 Å². The van der Waals surface area contributed by atoms with Crippen molar-refractivity contribution in [2.75, 3.05) is 7.11 Å². The first-order valence-corrected chi connectivity index (χ1v) is 9.74. The van der Waals surface area contributed by atoms with Gasteiger partial charge in [-0.3, -0.25) is 4.79 Å². The van der Waals surface area contributed by atoms with E-state index in [2.05, 4.69) is 18.0 Å². The van der Waals surface area contributed by atoms with Crippen LogP contribution in [-0.4, -0.2) is 17.6 Å². The second kappa shape index (κ2) is 6.72. The highest BCUT2D eigenvalue weighted by Crippen LogP contribution is 2.29. The van der Waals surface area contributed by atoms with E-state index in [-0.39, 0.29) is 5.91 Å². The fourth-order valence-corrected chi connectivity index (χ4v) is 4.74. The van der Waals surface area contributed by atoms with E-state index in [4.69, 9.17) is 4.74 Å². The highest BCUT2D eigenvalue weighted by Gasteiger charge is 2.15. The molecule has 134 valence electrons. The van der Waals surface area contributed by atoms with Gasteiger partial charge in [-0.2, -0.15) is 4.99 Å². The molecule has 1 heterocycles. The maximum Gasteiger partial charge on any atom is 0.279 e. The fraction of sp³-hybridized carbons (Fsp3) is 0.333. The van der Waals surface area contributed by atoms with Gasteiger partial charge >= 0.3 is 0 Å². The molecule has 4 nitrogen and oxygen atoms in total. The number of ether oxygens (including phenoxy) is 1. The Kier molecular flexibility index (Phi) is 4.41. The van der Waals surface area contributed by atoms with Crippen molar-refractivity contribution in [3.8, 4) is 5.75 Å². The second-order valence-corrected chi connectivity index (χ2v) is 7.79. The molecule has 0 radical (unpaired) electrons. The molecule has 1 aliphatic carbocycles. The third-order valence-corrected chi connectivity index (χ3v) is 6.39. The zero-order chi connectivity index (χ0) is 18.3. The minimum absolute atomic E-state index is 0.183.